The molecule has 0 aromatic rings. The van der Waals surface area contributed by atoms with Crippen molar-refractivity contribution in [2.24, 2.45) is 11.7 Å². The Morgan fingerprint density at radius 3 is 2.75 bits per heavy atom. The van der Waals surface area contributed by atoms with Crippen LogP contribution in [-0.4, -0.2) is 41.1 Å². The predicted octanol–water partition coefficient (Wildman–Crippen LogP) is -0.518. The van der Waals surface area contributed by atoms with Crippen molar-refractivity contribution in [3.63, 3.8) is 0 Å². The molecule has 0 heterocycles. The Morgan fingerprint density at radius 2 is 2.19 bits per heavy atom. The molecule has 0 aliphatic heterocycles. The molecule has 4 N–H and O–H groups in total. The first-order chi connectivity index (χ1) is 7.59. The van der Waals surface area contributed by atoms with Crippen LogP contribution in [0.4, 0.5) is 0 Å². The van der Waals surface area contributed by atoms with Crippen molar-refractivity contribution in [3.8, 4) is 0 Å². The van der Waals surface area contributed by atoms with Gasteiger partial charge in [0.1, 0.15) is 0 Å². The van der Waals surface area contributed by atoms with Crippen LogP contribution in [0.15, 0.2) is 0 Å². The van der Waals surface area contributed by atoms with Gasteiger partial charge in [-0.3, -0.25) is 9.59 Å². The Morgan fingerprint density at radius 1 is 1.50 bits per heavy atom. The zero-order valence-electron chi connectivity index (χ0n) is 9.15. The van der Waals surface area contributed by atoms with E-state index in [1.54, 1.807) is 0 Å². The fourth-order valence-electron chi connectivity index (χ4n) is 1.29. The van der Waals surface area contributed by atoms with E-state index in [-0.39, 0.29) is 17.6 Å². The zero-order valence-corrected chi connectivity index (χ0v) is 9.96. The van der Waals surface area contributed by atoms with Crippen LogP contribution in [0.3, 0.4) is 0 Å². The van der Waals surface area contributed by atoms with Gasteiger partial charge in [0.15, 0.2) is 0 Å². The first-order valence-electron chi connectivity index (χ1n) is 5.40. The van der Waals surface area contributed by atoms with E-state index in [4.69, 9.17) is 5.73 Å². The molecule has 92 valence electrons. The van der Waals surface area contributed by atoms with Gasteiger partial charge in [-0.25, -0.2) is 0 Å². The Hall–Kier alpha value is -0.750. The lowest BCUT2D eigenvalue weighted by atomic mass is 10.2. The van der Waals surface area contributed by atoms with Crippen molar-refractivity contribution in [3.05, 3.63) is 0 Å². The van der Waals surface area contributed by atoms with Gasteiger partial charge in [0.2, 0.25) is 11.8 Å². The Bertz CT molecular complexity index is 256. The number of primary amides is 1. The fraction of sp³-hybridized carbons (Fsp3) is 0.800. The van der Waals surface area contributed by atoms with Crippen LogP contribution < -0.4 is 11.1 Å². The number of nitrogens with one attached hydrogen (secondary N) is 1. The van der Waals surface area contributed by atoms with E-state index >= 15 is 0 Å². The lowest BCUT2D eigenvalue weighted by molar-refractivity contribution is -0.121. The summed E-state index contributed by atoms with van der Waals surface area (Å²) in [5.41, 5.74) is 4.95. The van der Waals surface area contributed by atoms with Crippen LogP contribution >= 0.6 is 11.8 Å². The highest BCUT2D eigenvalue weighted by atomic mass is 32.2. The Balaban J connectivity index is 1.95. The van der Waals surface area contributed by atoms with Crippen molar-refractivity contribution in [2.75, 3.05) is 18.1 Å². The van der Waals surface area contributed by atoms with Gasteiger partial charge >= 0.3 is 0 Å². The molecule has 6 heteroatoms. The monoisotopic (exact) mass is 246 g/mol. The number of carbonyl (C=O) groups is 2. The maximum Gasteiger partial charge on any atom is 0.227 e. The molecule has 5 nitrogen and oxygen atoms in total. The van der Waals surface area contributed by atoms with Crippen molar-refractivity contribution >= 4 is 23.6 Å². The third-order valence-corrected chi connectivity index (χ3v) is 3.37. The number of amides is 2. The summed E-state index contributed by atoms with van der Waals surface area (Å²) >= 11 is 1.34. The van der Waals surface area contributed by atoms with E-state index in [1.165, 1.54) is 11.8 Å². The molecule has 0 aromatic heterocycles. The van der Waals surface area contributed by atoms with Crippen molar-refractivity contribution in [1.82, 2.24) is 5.32 Å². The van der Waals surface area contributed by atoms with Crippen LogP contribution in [0.2, 0.25) is 0 Å². The highest BCUT2D eigenvalue weighted by molar-refractivity contribution is 7.99. The molecule has 0 bridgehead atoms. The van der Waals surface area contributed by atoms with Crippen LogP contribution in [0.1, 0.15) is 19.3 Å². The van der Waals surface area contributed by atoms with Crippen molar-refractivity contribution < 1.29 is 14.7 Å². The molecule has 0 saturated heterocycles. The molecular weight excluding hydrogens is 228 g/mol. The summed E-state index contributed by atoms with van der Waals surface area (Å²) in [6, 6.07) is 0. The number of thioether (sulfide) groups is 1. The van der Waals surface area contributed by atoms with Gasteiger partial charge in [0, 0.05) is 18.7 Å². The zero-order chi connectivity index (χ0) is 12.0. The highest BCUT2D eigenvalue weighted by Crippen LogP contribution is 2.32. The van der Waals surface area contributed by atoms with Gasteiger partial charge in [0.05, 0.1) is 11.9 Å². The smallest absolute Gasteiger partial charge is 0.227 e. The van der Waals surface area contributed by atoms with Crippen LogP contribution in [-0.2, 0) is 9.59 Å². The summed E-state index contributed by atoms with van der Waals surface area (Å²) < 4.78 is 0. The molecule has 1 fully saturated rings. The average Bonchev–Trinajstić information content (AvgIpc) is 3.04. The lowest BCUT2D eigenvalue weighted by Crippen LogP contribution is -2.33. The van der Waals surface area contributed by atoms with Crippen LogP contribution in [0.25, 0.3) is 0 Å². The van der Waals surface area contributed by atoms with E-state index in [0.717, 1.165) is 12.8 Å². The van der Waals surface area contributed by atoms with Gasteiger partial charge in [0.25, 0.3) is 0 Å². The third-order valence-electron chi connectivity index (χ3n) is 2.39. The second-order valence-corrected chi connectivity index (χ2v) is 5.08. The Kier molecular flexibility index (Phi) is 5.62. The first-order valence-corrected chi connectivity index (χ1v) is 6.56. The van der Waals surface area contributed by atoms with Gasteiger partial charge in [-0.1, -0.05) is 0 Å². The fourth-order valence-corrected chi connectivity index (χ4v) is 1.97. The summed E-state index contributed by atoms with van der Waals surface area (Å²) in [5, 5.41) is 12.2. The molecule has 1 aliphatic carbocycles. The maximum atomic E-state index is 11.3. The van der Waals surface area contributed by atoms with E-state index in [0.29, 0.717) is 24.6 Å². The van der Waals surface area contributed by atoms with Gasteiger partial charge < -0.3 is 16.2 Å². The lowest BCUT2D eigenvalue weighted by Gasteiger charge is -2.10. The third kappa shape index (κ3) is 5.97. The Labute approximate surface area is 99.1 Å². The minimum atomic E-state index is -0.401. The number of rotatable bonds is 8. The minimum absolute atomic E-state index is 0.0864. The topological polar surface area (TPSA) is 92.4 Å². The number of aliphatic hydroxyl groups is 1. The largest absolute Gasteiger partial charge is 0.391 e. The standard InChI is InChI=1S/C10H18N2O3S/c11-9(14)6-16-4-3-10(15)12-5-8(13)7-1-2-7/h7-8,13H,1-6H2,(H2,11,14)(H,12,15). The number of carbonyl (C=O) groups excluding carboxylic acids is 2. The van der Waals surface area contributed by atoms with Gasteiger partial charge in [-0.2, -0.15) is 11.8 Å². The maximum absolute atomic E-state index is 11.3. The van der Waals surface area contributed by atoms with Crippen LogP contribution in [0, 0.1) is 5.92 Å². The molecule has 16 heavy (non-hydrogen) atoms. The van der Waals surface area contributed by atoms with Crippen molar-refractivity contribution in [2.45, 2.75) is 25.4 Å². The molecular formula is C10H18N2O3S. The molecule has 0 aromatic carbocycles. The van der Waals surface area contributed by atoms with Gasteiger partial charge in [-0.05, 0) is 18.8 Å². The van der Waals surface area contributed by atoms with E-state index in [1.807, 2.05) is 0 Å². The van der Waals surface area contributed by atoms with Gasteiger partial charge in [-0.15, -0.1) is 0 Å². The van der Waals surface area contributed by atoms with E-state index in [2.05, 4.69) is 5.32 Å². The second kappa shape index (κ2) is 6.75. The molecule has 0 spiro atoms. The highest BCUT2D eigenvalue weighted by Gasteiger charge is 2.29. The number of hydrogen-bond acceptors (Lipinski definition) is 4. The predicted molar refractivity (Wildman–Crippen MR) is 62.9 cm³/mol. The quantitative estimate of drug-likeness (QED) is 0.503. The SMILES string of the molecule is NC(=O)CSCCC(=O)NCC(O)C1CC1. The second-order valence-electron chi connectivity index (χ2n) is 3.98. The summed E-state index contributed by atoms with van der Waals surface area (Å²) in [7, 11) is 0. The number of nitrogens with two attached hydrogens (primary N) is 1. The number of aliphatic hydroxyl groups excluding tert-OH is 1. The van der Waals surface area contributed by atoms with E-state index in [9.17, 15) is 14.7 Å². The van der Waals surface area contributed by atoms with Crippen molar-refractivity contribution in [1.29, 1.82) is 0 Å². The summed E-state index contributed by atoms with van der Waals surface area (Å²) in [5.74, 6) is 0.752. The van der Waals surface area contributed by atoms with E-state index < -0.39 is 6.10 Å². The van der Waals surface area contributed by atoms with Crippen LogP contribution in [0.5, 0.6) is 0 Å². The summed E-state index contributed by atoms with van der Waals surface area (Å²) in [6.07, 6.45) is 2.08. The molecule has 1 saturated carbocycles. The summed E-state index contributed by atoms with van der Waals surface area (Å²) in [4.78, 5) is 21.7. The summed E-state index contributed by atoms with van der Waals surface area (Å²) in [6.45, 7) is 0.337. The molecule has 1 atom stereocenters. The normalized spacial score (nSPS) is 16.8. The molecule has 1 rings (SSSR count). The molecule has 0 radical (unpaired) electrons. The average molecular weight is 246 g/mol. The molecule has 1 aliphatic rings. The molecule has 1 unspecified atom stereocenters. The minimum Gasteiger partial charge on any atom is -0.391 e. The molecule has 2 amide bonds. The number of hydrogen-bond donors (Lipinski definition) is 3. The first kappa shape index (κ1) is 13.3.